The second kappa shape index (κ2) is 13.9. The lowest BCUT2D eigenvalue weighted by Gasteiger charge is -2.19. The maximum absolute atomic E-state index is 13.0. The Hall–Kier alpha value is -3.40. The van der Waals surface area contributed by atoms with Crippen LogP contribution in [0.25, 0.3) is 11.1 Å². The molecule has 0 radical (unpaired) electrons. The lowest BCUT2D eigenvalue weighted by atomic mass is 9.88. The number of unbranched alkanes of at least 4 members (excludes halogenated alkanes) is 2. The first kappa shape index (κ1) is 32.5. The largest absolute Gasteiger partial charge is 0.508 e. The summed E-state index contributed by atoms with van der Waals surface area (Å²) < 4.78 is 92.6. The second-order valence-corrected chi connectivity index (χ2v) is 13.1. The van der Waals surface area contributed by atoms with Gasteiger partial charge in [-0.25, -0.2) is 8.42 Å². The van der Waals surface area contributed by atoms with E-state index in [-0.39, 0.29) is 17.9 Å². The lowest BCUT2D eigenvalue weighted by Crippen LogP contribution is -2.36. The molecule has 0 atom stereocenters. The molecule has 1 aliphatic rings. The molecule has 4 nitrogen and oxygen atoms in total. The molecule has 3 aromatic carbocycles. The highest BCUT2D eigenvalue weighted by Gasteiger charge is 2.56. The summed E-state index contributed by atoms with van der Waals surface area (Å²) in [7, 11) is -3.72. The van der Waals surface area contributed by atoms with Crippen molar-refractivity contribution in [3.8, 4) is 11.5 Å². The first-order chi connectivity index (χ1) is 20.4. The number of aryl methyl sites for hydroxylation is 1. The van der Waals surface area contributed by atoms with E-state index in [1.807, 2.05) is 54.6 Å². The monoisotopic (exact) mass is 622 g/mol. The zero-order valence-corrected chi connectivity index (χ0v) is 24.5. The minimum absolute atomic E-state index is 0.244. The molecule has 0 fully saturated rings. The van der Waals surface area contributed by atoms with Gasteiger partial charge in [-0.15, -0.1) is 0 Å². The second-order valence-electron chi connectivity index (χ2n) is 10.8. The molecule has 3 aromatic rings. The predicted molar refractivity (Wildman–Crippen MR) is 158 cm³/mol. The van der Waals surface area contributed by atoms with Gasteiger partial charge in [0, 0.05) is 6.42 Å². The minimum Gasteiger partial charge on any atom is -0.508 e. The van der Waals surface area contributed by atoms with Gasteiger partial charge in [0.25, 0.3) is 0 Å². The number of rotatable bonds is 13. The highest BCUT2D eigenvalue weighted by molar-refractivity contribution is 7.91. The number of phenolic OH excluding ortho intramolecular Hbond substituents is 1. The number of hydrogen-bond acceptors (Lipinski definition) is 4. The van der Waals surface area contributed by atoms with Gasteiger partial charge in [-0.05, 0) is 103 Å². The highest BCUT2D eigenvalue weighted by atomic mass is 32.2. The molecule has 232 valence electrons. The molecular formula is C33H35F5O4S. The van der Waals surface area contributed by atoms with Crippen molar-refractivity contribution in [3.05, 3.63) is 95.1 Å². The average molecular weight is 623 g/mol. The first-order valence-corrected chi connectivity index (χ1v) is 16.2. The summed E-state index contributed by atoms with van der Waals surface area (Å²) in [6.45, 7) is 0.345. The van der Waals surface area contributed by atoms with E-state index in [1.165, 1.54) is 5.57 Å². The molecular weight excluding hydrogens is 587 g/mol. The van der Waals surface area contributed by atoms with Crippen LogP contribution in [0.5, 0.6) is 11.5 Å². The number of fused-ring (bicyclic) bond motifs is 1. The van der Waals surface area contributed by atoms with Crippen LogP contribution in [0.3, 0.4) is 0 Å². The lowest BCUT2D eigenvalue weighted by molar-refractivity contribution is -0.284. The van der Waals surface area contributed by atoms with E-state index in [2.05, 4.69) is 12.1 Å². The fourth-order valence-electron chi connectivity index (χ4n) is 5.30. The van der Waals surface area contributed by atoms with Crippen molar-refractivity contribution in [2.45, 2.75) is 63.5 Å². The van der Waals surface area contributed by atoms with E-state index < -0.39 is 40.5 Å². The Labute approximate surface area is 249 Å². The van der Waals surface area contributed by atoms with E-state index in [1.54, 1.807) is 6.07 Å². The van der Waals surface area contributed by atoms with Crippen molar-refractivity contribution in [2.24, 2.45) is 0 Å². The molecule has 0 saturated heterocycles. The molecule has 4 rings (SSSR count). The number of alkyl halides is 5. The van der Waals surface area contributed by atoms with E-state index in [0.717, 1.165) is 47.1 Å². The summed E-state index contributed by atoms with van der Waals surface area (Å²) in [6.07, 6.45) is -3.91. The smallest absolute Gasteiger partial charge is 0.453 e. The van der Waals surface area contributed by atoms with Crippen LogP contribution in [0.2, 0.25) is 0 Å². The van der Waals surface area contributed by atoms with Crippen molar-refractivity contribution in [1.82, 2.24) is 0 Å². The molecule has 1 N–H and O–H groups in total. The molecule has 0 bridgehead atoms. The van der Waals surface area contributed by atoms with Gasteiger partial charge in [0.15, 0.2) is 0 Å². The fraction of sp³-hybridized carbons (Fsp3) is 0.394. The summed E-state index contributed by atoms with van der Waals surface area (Å²) in [5.74, 6) is -4.95. The maximum atomic E-state index is 13.0. The predicted octanol–water partition coefficient (Wildman–Crippen LogP) is 8.63. The Balaban J connectivity index is 1.32. The molecule has 10 heteroatoms. The number of phenols is 1. The molecule has 0 saturated carbocycles. The van der Waals surface area contributed by atoms with Gasteiger partial charge >= 0.3 is 12.1 Å². The van der Waals surface area contributed by atoms with Gasteiger partial charge in [-0.3, -0.25) is 0 Å². The van der Waals surface area contributed by atoms with Crippen molar-refractivity contribution in [2.75, 3.05) is 18.1 Å². The molecule has 0 unspecified atom stereocenters. The van der Waals surface area contributed by atoms with Gasteiger partial charge in [-0.2, -0.15) is 22.0 Å². The Bertz CT molecular complexity index is 1500. The van der Waals surface area contributed by atoms with Crippen molar-refractivity contribution in [3.63, 3.8) is 0 Å². The zero-order valence-electron chi connectivity index (χ0n) is 23.7. The minimum atomic E-state index is -5.68. The van der Waals surface area contributed by atoms with Crippen molar-refractivity contribution < 1.29 is 40.2 Å². The van der Waals surface area contributed by atoms with Crippen molar-refractivity contribution >= 4 is 21.0 Å². The van der Waals surface area contributed by atoms with Gasteiger partial charge in [0.2, 0.25) is 0 Å². The zero-order chi connectivity index (χ0) is 31.1. The normalized spacial score (nSPS) is 14.3. The standard InChI is InChI=1S/C33H35F5O4S/c34-32(35,33(36,37)38)19-8-22-43(40,41)21-6-2-5-20-42-28-16-13-25(14-17-28)31-29(24-9-3-1-4-10-24)12-7-11-26-23-27(39)15-18-30(26)31/h1,3-4,9-10,13-18,23,39H,2,5-8,11-12,19-22H2. The van der Waals surface area contributed by atoms with Crippen LogP contribution in [0.4, 0.5) is 22.0 Å². The van der Waals surface area contributed by atoms with Crippen LogP contribution in [0.1, 0.15) is 67.2 Å². The molecule has 0 spiro atoms. The summed E-state index contributed by atoms with van der Waals surface area (Å²) in [4.78, 5) is 0. The van der Waals surface area contributed by atoms with E-state index in [9.17, 15) is 35.5 Å². The summed E-state index contributed by atoms with van der Waals surface area (Å²) in [6, 6.07) is 23.5. The van der Waals surface area contributed by atoms with Crippen LogP contribution < -0.4 is 4.74 Å². The number of ether oxygens (including phenoxy) is 1. The maximum Gasteiger partial charge on any atom is 0.453 e. The van der Waals surface area contributed by atoms with Crippen LogP contribution in [-0.2, 0) is 16.3 Å². The van der Waals surface area contributed by atoms with Gasteiger partial charge in [0.05, 0.1) is 18.1 Å². The topological polar surface area (TPSA) is 63.6 Å². The van der Waals surface area contributed by atoms with Crippen LogP contribution in [0.15, 0.2) is 72.8 Å². The van der Waals surface area contributed by atoms with Crippen LogP contribution in [0, 0.1) is 0 Å². The number of sulfone groups is 1. The van der Waals surface area contributed by atoms with Crippen LogP contribution in [-0.4, -0.2) is 43.7 Å². The summed E-state index contributed by atoms with van der Waals surface area (Å²) in [5, 5.41) is 10.1. The third-order valence-corrected chi connectivity index (χ3v) is 9.35. The average Bonchev–Trinajstić information content (AvgIpc) is 3.14. The molecule has 0 amide bonds. The number of benzene rings is 3. The van der Waals surface area contributed by atoms with E-state index in [4.69, 9.17) is 4.74 Å². The summed E-state index contributed by atoms with van der Waals surface area (Å²) >= 11 is 0. The third kappa shape index (κ3) is 8.81. The Morgan fingerprint density at radius 1 is 0.767 bits per heavy atom. The van der Waals surface area contributed by atoms with Gasteiger partial charge in [0.1, 0.15) is 21.3 Å². The number of hydrogen-bond donors (Lipinski definition) is 1. The highest BCUT2D eigenvalue weighted by Crippen LogP contribution is 2.41. The van der Waals surface area contributed by atoms with Gasteiger partial charge in [-0.1, -0.05) is 48.5 Å². The molecule has 43 heavy (non-hydrogen) atoms. The number of halogens is 5. The quantitative estimate of drug-likeness (QED) is 0.153. The Morgan fingerprint density at radius 3 is 2.16 bits per heavy atom. The number of aromatic hydroxyl groups is 1. The molecule has 1 aliphatic carbocycles. The molecule has 0 aromatic heterocycles. The third-order valence-electron chi connectivity index (χ3n) is 7.53. The van der Waals surface area contributed by atoms with Crippen molar-refractivity contribution in [1.29, 1.82) is 0 Å². The van der Waals surface area contributed by atoms with Crippen LogP contribution >= 0.6 is 0 Å². The molecule has 0 heterocycles. The summed E-state index contributed by atoms with van der Waals surface area (Å²) in [5.41, 5.74) is 6.73. The van der Waals surface area contributed by atoms with E-state index >= 15 is 0 Å². The number of allylic oxidation sites excluding steroid dienone is 1. The SMILES string of the molecule is O=S(=O)(CCCCCOc1ccc(C2=C(c3ccccc3)CCCc3cc(O)ccc32)cc1)CCCC(F)(F)C(F)(F)F. The fourth-order valence-corrected chi connectivity index (χ4v) is 6.73. The molecule has 0 aliphatic heterocycles. The van der Waals surface area contributed by atoms with Gasteiger partial charge < -0.3 is 9.84 Å². The Morgan fingerprint density at radius 2 is 1.47 bits per heavy atom. The van der Waals surface area contributed by atoms with E-state index in [0.29, 0.717) is 25.2 Å². The Kier molecular flexibility index (Phi) is 10.5. The first-order valence-electron chi connectivity index (χ1n) is 14.4.